The van der Waals surface area contributed by atoms with Gasteiger partial charge in [0.15, 0.2) is 11.5 Å². The number of imidazole rings is 1. The lowest BCUT2D eigenvalue weighted by Gasteiger charge is -2.14. The van der Waals surface area contributed by atoms with E-state index in [1.807, 2.05) is 24.3 Å². The Hall–Kier alpha value is -4.08. The van der Waals surface area contributed by atoms with Gasteiger partial charge in [0.05, 0.1) is 28.3 Å². The highest BCUT2D eigenvalue weighted by Crippen LogP contribution is 2.35. The summed E-state index contributed by atoms with van der Waals surface area (Å²) in [4.78, 5) is 19.8. The average Bonchev–Trinajstić information content (AvgIpc) is 3.64. The molecule has 0 amide bonds. The van der Waals surface area contributed by atoms with Gasteiger partial charge in [-0.2, -0.15) is 5.10 Å². The van der Waals surface area contributed by atoms with Crippen LogP contribution in [0.4, 0.5) is 5.69 Å². The van der Waals surface area contributed by atoms with E-state index in [4.69, 9.17) is 4.98 Å². The predicted molar refractivity (Wildman–Crippen MR) is 149 cm³/mol. The molecule has 0 aliphatic carbocycles. The highest BCUT2D eigenvalue weighted by Gasteiger charge is 2.17. The van der Waals surface area contributed by atoms with Crippen molar-refractivity contribution in [1.29, 1.82) is 0 Å². The Balaban J connectivity index is 1.36. The van der Waals surface area contributed by atoms with Gasteiger partial charge in [-0.1, -0.05) is 25.5 Å². The molecule has 186 valence electrons. The van der Waals surface area contributed by atoms with Crippen molar-refractivity contribution >= 4 is 39.1 Å². The molecule has 0 spiro atoms. The molecule has 0 saturated heterocycles. The van der Waals surface area contributed by atoms with Gasteiger partial charge in [0.25, 0.3) is 0 Å². The Kier molecular flexibility index (Phi) is 6.15. The monoisotopic (exact) mass is 509 g/mol. The third-order valence-corrected chi connectivity index (χ3v) is 7.43. The molecule has 0 aliphatic heterocycles. The van der Waals surface area contributed by atoms with E-state index in [0.717, 1.165) is 51.6 Å². The molecule has 0 bridgehead atoms. The lowest BCUT2D eigenvalue weighted by atomic mass is 10.1. The van der Waals surface area contributed by atoms with E-state index < -0.39 is 6.23 Å². The van der Waals surface area contributed by atoms with Gasteiger partial charge < -0.3 is 15.4 Å². The fraction of sp³-hybridized carbons (Fsp3) is 0.214. The molecular weight excluding hydrogens is 482 g/mol. The normalized spacial score (nSPS) is 12.4. The number of pyridine rings is 2. The first-order valence-corrected chi connectivity index (χ1v) is 13.2. The van der Waals surface area contributed by atoms with Gasteiger partial charge in [-0.05, 0) is 50.1 Å². The number of thiophene rings is 1. The lowest BCUT2D eigenvalue weighted by molar-refractivity contribution is 0.190. The number of benzene rings is 1. The van der Waals surface area contributed by atoms with Crippen LogP contribution in [0.1, 0.15) is 31.1 Å². The molecule has 1 aromatic carbocycles. The van der Waals surface area contributed by atoms with E-state index in [9.17, 15) is 5.11 Å². The maximum Gasteiger partial charge on any atom is 0.159 e. The number of anilines is 1. The van der Waals surface area contributed by atoms with Gasteiger partial charge in [-0.15, -0.1) is 11.3 Å². The maximum absolute atomic E-state index is 10.3. The molecule has 1 atom stereocenters. The SMILES string of the molecule is CCCCC(O)Nc1cncc(-c2cnc3[nH]nc(-c4nc5c(-c6ccc(C)s6)cccc5[nH]4)c3c2)c1. The highest BCUT2D eigenvalue weighted by atomic mass is 32.1. The van der Waals surface area contributed by atoms with Crippen molar-refractivity contribution in [2.24, 2.45) is 0 Å². The number of hydrogen-bond donors (Lipinski definition) is 4. The van der Waals surface area contributed by atoms with Crippen LogP contribution in [0.3, 0.4) is 0 Å². The van der Waals surface area contributed by atoms with Gasteiger partial charge in [0, 0.05) is 38.8 Å². The van der Waals surface area contributed by atoms with Crippen LogP contribution in [-0.4, -0.2) is 41.5 Å². The van der Waals surface area contributed by atoms with Gasteiger partial charge in [-0.3, -0.25) is 10.1 Å². The van der Waals surface area contributed by atoms with Crippen LogP contribution in [0.15, 0.2) is 61.1 Å². The summed E-state index contributed by atoms with van der Waals surface area (Å²) in [5, 5.41) is 21.8. The minimum absolute atomic E-state index is 0.603. The Morgan fingerprint density at radius 1 is 1.08 bits per heavy atom. The molecule has 1 unspecified atom stereocenters. The number of aliphatic hydroxyl groups is 1. The van der Waals surface area contributed by atoms with E-state index in [-0.39, 0.29) is 0 Å². The van der Waals surface area contributed by atoms with Gasteiger partial charge in [-0.25, -0.2) is 9.97 Å². The van der Waals surface area contributed by atoms with E-state index in [0.29, 0.717) is 23.6 Å². The first kappa shape index (κ1) is 23.3. The minimum Gasteiger partial charge on any atom is -0.374 e. The van der Waals surface area contributed by atoms with Gasteiger partial charge in [0.2, 0.25) is 0 Å². The van der Waals surface area contributed by atoms with E-state index in [1.54, 1.807) is 29.9 Å². The second-order valence-corrected chi connectivity index (χ2v) is 10.4. The molecule has 5 heterocycles. The molecule has 0 fully saturated rings. The molecule has 4 N–H and O–H groups in total. The largest absolute Gasteiger partial charge is 0.374 e. The summed E-state index contributed by atoms with van der Waals surface area (Å²) in [6.07, 6.45) is 7.40. The number of H-pyrrole nitrogens is 2. The smallest absolute Gasteiger partial charge is 0.159 e. The third kappa shape index (κ3) is 4.59. The van der Waals surface area contributed by atoms with Crippen molar-refractivity contribution < 1.29 is 5.11 Å². The first-order chi connectivity index (χ1) is 18.1. The number of nitrogens with one attached hydrogen (secondary N) is 3. The number of rotatable bonds is 8. The van der Waals surface area contributed by atoms with Crippen molar-refractivity contribution in [2.75, 3.05) is 5.32 Å². The zero-order chi connectivity index (χ0) is 25.4. The number of aliphatic hydroxyl groups excluding tert-OH is 1. The van der Waals surface area contributed by atoms with Gasteiger partial charge >= 0.3 is 0 Å². The van der Waals surface area contributed by atoms with Crippen molar-refractivity contribution in [3.05, 3.63) is 65.9 Å². The van der Waals surface area contributed by atoms with Crippen molar-refractivity contribution in [1.82, 2.24) is 30.1 Å². The summed E-state index contributed by atoms with van der Waals surface area (Å²) in [7, 11) is 0. The summed E-state index contributed by atoms with van der Waals surface area (Å²) in [5.74, 6) is 0.688. The summed E-state index contributed by atoms with van der Waals surface area (Å²) in [6, 6.07) is 14.5. The van der Waals surface area contributed by atoms with E-state index >= 15 is 0 Å². The molecule has 5 aromatic heterocycles. The Labute approximate surface area is 217 Å². The number of aromatic nitrogens is 6. The molecule has 9 heteroatoms. The maximum atomic E-state index is 10.3. The Bertz CT molecular complexity index is 1700. The standard InChI is InChI=1S/C28H27N7OS/c1-3-4-8-24(36)31-19-11-17(13-29-15-19)18-12-21-26(34-35-27(21)30-14-18)28-32-22-7-5-6-20(25(22)33-28)23-10-9-16(2)37-23/h5-7,9-15,24,31,36H,3-4,8H2,1-2H3,(H,32,33)(H,30,34,35). The topological polar surface area (TPSA) is 115 Å². The Morgan fingerprint density at radius 2 is 1.97 bits per heavy atom. The molecule has 6 rings (SSSR count). The highest BCUT2D eigenvalue weighted by molar-refractivity contribution is 7.15. The molecule has 37 heavy (non-hydrogen) atoms. The van der Waals surface area contributed by atoms with Crippen LogP contribution in [0, 0.1) is 6.92 Å². The number of aryl methyl sites for hydroxylation is 1. The van der Waals surface area contributed by atoms with Crippen LogP contribution in [-0.2, 0) is 0 Å². The molecular formula is C28H27N7OS. The molecule has 6 aromatic rings. The zero-order valence-corrected chi connectivity index (χ0v) is 21.4. The second-order valence-electron chi connectivity index (χ2n) is 9.15. The van der Waals surface area contributed by atoms with Crippen LogP contribution >= 0.6 is 11.3 Å². The number of unbranched alkanes of at least 4 members (excludes halogenated alkanes) is 1. The van der Waals surface area contributed by atoms with Crippen molar-refractivity contribution in [3.63, 3.8) is 0 Å². The number of para-hydroxylation sites is 1. The fourth-order valence-electron chi connectivity index (χ4n) is 4.50. The predicted octanol–water partition coefficient (Wildman–Crippen LogP) is 6.52. The third-order valence-electron chi connectivity index (χ3n) is 6.40. The molecule has 8 nitrogen and oxygen atoms in total. The molecule has 0 aliphatic rings. The summed E-state index contributed by atoms with van der Waals surface area (Å²) in [6.45, 7) is 4.22. The lowest BCUT2D eigenvalue weighted by Crippen LogP contribution is -2.18. The van der Waals surface area contributed by atoms with Crippen LogP contribution in [0.2, 0.25) is 0 Å². The molecule has 0 radical (unpaired) electrons. The van der Waals surface area contributed by atoms with Crippen molar-refractivity contribution in [2.45, 2.75) is 39.3 Å². The summed E-state index contributed by atoms with van der Waals surface area (Å²) < 4.78 is 0. The average molecular weight is 510 g/mol. The fourth-order valence-corrected chi connectivity index (χ4v) is 5.40. The van der Waals surface area contributed by atoms with Crippen LogP contribution in [0.5, 0.6) is 0 Å². The minimum atomic E-state index is -0.603. The van der Waals surface area contributed by atoms with E-state index in [1.165, 1.54) is 9.75 Å². The van der Waals surface area contributed by atoms with Crippen LogP contribution in [0.25, 0.3) is 55.2 Å². The zero-order valence-electron chi connectivity index (χ0n) is 20.6. The van der Waals surface area contributed by atoms with E-state index in [2.05, 4.69) is 62.5 Å². The number of hydrogen-bond acceptors (Lipinski definition) is 7. The van der Waals surface area contributed by atoms with Crippen molar-refractivity contribution in [3.8, 4) is 33.1 Å². The summed E-state index contributed by atoms with van der Waals surface area (Å²) in [5.41, 5.74) is 6.95. The quantitative estimate of drug-likeness (QED) is 0.174. The molecule has 0 saturated carbocycles. The number of aromatic amines is 2. The number of fused-ring (bicyclic) bond motifs is 2. The first-order valence-electron chi connectivity index (χ1n) is 12.4. The number of nitrogens with zero attached hydrogens (tertiary/aromatic N) is 4. The second kappa shape index (κ2) is 9.76. The summed E-state index contributed by atoms with van der Waals surface area (Å²) >= 11 is 1.76. The van der Waals surface area contributed by atoms with Crippen LogP contribution < -0.4 is 5.32 Å². The van der Waals surface area contributed by atoms with Gasteiger partial charge in [0.1, 0.15) is 11.9 Å². The Morgan fingerprint density at radius 3 is 2.81 bits per heavy atom.